The molecule has 0 bridgehead atoms. The van der Waals surface area contributed by atoms with Crippen LogP contribution in [0.15, 0.2) is 37.5 Å². The van der Waals surface area contributed by atoms with Crippen LogP contribution < -0.4 is 5.32 Å². The van der Waals surface area contributed by atoms with Gasteiger partial charge in [0, 0.05) is 11.4 Å². The Balaban J connectivity index is 3.05. The highest BCUT2D eigenvalue weighted by Crippen LogP contribution is 2.53. The molecule has 0 spiro atoms. The fourth-order valence-electron chi connectivity index (χ4n) is 6.28. The van der Waals surface area contributed by atoms with Crippen LogP contribution in [0.1, 0.15) is 99.3 Å². The molecular formula is C29H49NS2. The Morgan fingerprint density at radius 3 is 2.28 bits per heavy atom. The smallest absolute Gasteiger partial charge is 0.0722 e. The molecule has 1 aliphatic carbocycles. The molecule has 182 valence electrons. The van der Waals surface area contributed by atoms with E-state index in [1.54, 1.807) is 0 Å². The van der Waals surface area contributed by atoms with Gasteiger partial charge in [0.15, 0.2) is 0 Å². The monoisotopic (exact) mass is 475 g/mol. The van der Waals surface area contributed by atoms with Crippen LogP contribution in [0, 0.1) is 28.1 Å². The van der Waals surface area contributed by atoms with Crippen LogP contribution in [0.2, 0.25) is 0 Å². The average molecular weight is 476 g/mol. The van der Waals surface area contributed by atoms with E-state index in [4.69, 9.17) is 24.4 Å². The van der Waals surface area contributed by atoms with Gasteiger partial charge in [-0.3, -0.25) is 0 Å². The molecule has 0 radical (unpaired) electrons. The number of hydrogen-bond acceptors (Lipinski definition) is 2. The average Bonchev–Trinajstić information content (AvgIpc) is 2.72. The summed E-state index contributed by atoms with van der Waals surface area (Å²) >= 11 is 10.8. The van der Waals surface area contributed by atoms with E-state index in [1.165, 1.54) is 32.1 Å². The summed E-state index contributed by atoms with van der Waals surface area (Å²) in [5, 5.41) is 3.48. The minimum absolute atomic E-state index is 0.289. The Morgan fingerprint density at radius 1 is 1.12 bits per heavy atom. The maximum absolute atomic E-state index is 5.51. The zero-order valence-corrected chi connectivity index (χ0v) is 23.5. The van der Waals surface area contributed by atoms with Crippen molar-refractivity contribution in [2.45, 2.75) is 99.3 Å². The fourth-order valence-corrected chi connectivity index (χ4v) is 6.46. The number of hydrogen-bond donors (Lipinski definition) is 1. The van der Waals surface area contributed by atoms with Gasteiger partial charge in [-0.2, -0.15) is 0 Å². The second-order valence-corrected chi connectivity index (χ2v) is 12.9. The van der Waals surface area contributed by atoms with Gasteiger partial charge in [0.1, 0.15) is 0 Å². The Bertz CT molecular complexity index is 665. The summed E-state index contributed by atoms with van der Waals surface area (Å²) in [4.78, 5) is 1.90. The summed E-state index contributed by atoms with van der Waals surface area (Å²) in [7, 11) is 0. The fraction of sp³-hybridized carbons (Fsp3) is 0.724. The normalized spacial score (nSPS) is 25.2. The lowest BCUT2D eigenvalue weighted by atomic mass is 9.56. The molecule has 0 aromatic rings. The summed E-state index contributed by atoms with van der Waals surface area (Å²) in [5.74, 6) is 1.41. The van der Waals surface area contributed by atoms with Gasteiger partial charge >= 0.3 is 0 Å². The lowest BCUT2D eigenvalue weighted by Gasteiger charge is -2.50. The summed E-state index contributed by atoms with van der Waals surface area (Å²) in [6.07, 6.45) is 14.3. The maximum Gasteiger partial charge on any atom is 0.0722 e. The third-order valence-corrected chi connectivity index (χ3v) is 8.46. The van der Waals surface area contributed by atoms with E-state index in [-0.39, 0.29) is 5.41 Å². The molecular weight excluding hydrogens is 426 g/mol. The molecule has 0 amide bonds. The van der Waals surface area contributed by atoms with Gasteiger partial charge in [0.2, 0.25) is 0 Å². The summed E-state index contributed by atoms with van der Waals surface area (Å²) in [5.41, 5.74) is 2.09. The van der Waals surface area contributed by atoms with Crippen LogP contribution in [-0.2, 0) is 0 Å². The molecule has 0 saturated heterocycles. The van der Waals surface area contributed by atoms with Crippen molar-refractivity contribution in [3.63, 3.8) is 0 Å². The predicted octanol–water partition coefficient (Wildman–Crippen LogP) is 9.04. The zero-order chi connectivity index (χ0) is 24.6. The lowest BCUT2D eigenvalue weighted by molar-refractivity contribution is 0.0187. The van der Waals surface area contributed by atoms with Gasteiger partial charge in [-0.25, -0.2) is 0 Å². The number of rotatable bonds is 14. The maximum atomic E-state index is 5.51. The first-order chi connectivity index (χ1) is 14.8. The molecule has 0 aromatic heterocycles. The first-order valence-corrected chi connectivity index (χ1v) is 13.3. The largest absolute Gasteiger partial charge is 0.379 e. The van der Waals surface area contributed by atoms with Crippen molar-refractivity contribution in [3.8, 4) is 0 Å². The molecule has 1 nitrogen and oxygen atoms in total. The molecule has 0 heterocycles. The van der Waals surface area contributed by atoms with Crippen LogP contribution in [0.4, 0.5) is 0 Å². The van der Waals surface area contributed by atoms with E-state index in [9.17, 15) is 0 Å². The highest BCUT2D eigenvalue weighted by atomic mass is 32.1. The molecule has 1 aliphatic rings. The van der Waals surface area contributed by atoms with Crippen molar-refractivity contribution < 1.29 is 0 Å². The van der Waals surface area contributed by atoms with Crippen LogP contribution >= 0.6 is 24.4 Å². The van der Waals surface area contributed by atoms with Gasteiger partial charge in [0.25, 0.3) is 0 Å². The third-order valence-electron chi connectivity index (χ3n) is 7.94. The molecule has 4 unspecified atom stereocenters. The molecule has 0 aromatic carbocycles. The van der Waals surface area contributed by atoms with E-state index in [0.29, 0.717) is 16.7 Å². The standard InChI is InChI=1S/C29H49NS2/c1-10-22(4)13-15-29(12-3,16-14-26(32)11-2)17-23(5)25-18-27(7,8)20-28(9,19-25)21-30-24(6)31/h10-11,23,25H,1-2,4,12-21H2,3,5-9H3,(H,30,31). The second-order valence-electron chi connectivity index (χ2n) is 11.8. The van der Waals surface area contributed by atoms with Crippen molar-refractivity contribution in [3.05, 3.63) is 37.5 Å². The molecule has 1 saturated carbocycles. The van der Waals surface area contributed by atoms with Crippen molar-refractivity contribution >= 4 is 34.3 Å². The number of nitrogens with one attached hydrogen (secondary N) is 1. The summed E-state index contributed by atoms with van der Waals surface area (Å²) in [6.45, 7) is 27.2. The predicted molar refractivity (Wildman–Crippen MR) is 153 cm³/mol. The minimum atomic E-state index is 0.289. The van der Waals surface area contributed by atoms with Gasteiger partial charge < -0.3 is 5.32 Å². The van der Waals surface area contributed by atoms with Crippen LogP contribution in [0.5, 0.6) is 0 Å². The van der Waals surface area contributed by atoms with Crippen molar-refractivity contribution in [1.29, 1.82) is 0 Å². The van der Waals surface area contributed by atoms with Crippen molar-refractivity contribution in [1.82, 2.24) is 5.32 Å². The molecule has 1 N–H and O–H groups in total. The molecule has 3 heteroatoms. The van der Waals surface area contributed by atoms with Crippen LogP contribution in [0.3, 0.4) is 0 Å². The molecule has 1 rings (SSSR count). The molecule has 4 atom stereocenters. The highest BCUT2D eigenvalue weighted by molar-refractivity contribution is 7.80. The Morgan fingerprint density at radius 2 is 1.75 bits per heavy atom. The number of allylic oxidation sites excluding steroid dienone is 3. The Hall–Kier alpha value is -0.800. The first-order valence-electron chi connectivity index (χ1n) is 12.5. The van der Waals surface area contributed by atoms with Gasteiger partial charge in [-0.1, -0.05) is 103 Å². The topological polar surface area (TPSA) is 12.0 Å². The van der Waals surface area contributed by atoms with Gasteiger partial charge in [-0.05, 0) is 86.4 Å². The van der Waals surface area contributed by atoms with Crippen LogP contribution in [-0.4, -0.2) is 16.4 Å². The van der Waals surface area contributed by atoms with Crippen molar-refractivity contribution in [2.24, 2.45) is 28.1 Å². The van der Waals surface area contributed by atoms with E-state index in [2.05, 4.69) is 59.7 Å². The molecule has 0 aliphatic heterocycles. The van der Waals surface area contributed by atoms with E-state index >= 15 is 0 Å². The Kier molecular flexibility index (Phi) is 11.5. The van der Waals surface area contributed by atoms with E-state index in [1.807, 2.05) is 19.1 Å². The van der Waals surface area contributed by atoms with Crippen LogP contribution in [0.25, 0.3) is 0 Å². The lowest BCUT2D eigenvalue weighted by Crippen LogP contribution is -2.44. The minimum Gasteiger partial charge on any atom is -0.379 e. The quantitative estimate of drug-likeness (QED) is 0.153. The first kappa shape index (κ1) is 29.2. The summed E-state index contributed by atoms with van der Waals surface area (Å²) < 4.78 is 0. The SMILES string of the molecule is C=CC(=C)CCC(CC)(CCC(=S)C=C)CC(C)C1CC(C)(C)CC(C)(CNC(C)=S)C1. The third kappa shape index (κ3) is 9.59. The summed E-state index contributed by atoms with van der Waals surface area (Å²) in [6, 6.07) is 0. The van der Waals surface area contributed by atoms with E-state index in [0.717, 1.165) is 53.6 Å². The Labute approximate surface area is 210 Å². The molecule has 32 heavy (non-hydrogen) atoms. The van der Waals surface area contributed by atoms with Crippen molar-refractivity contribution in [2.75, 3.05) is 6.54 Å². The van der Waals surface area contributed by atoms with Gasteiger partial charge in [0.05, 0.1) is 4.99 Å². The molecule has 1 fully saturated rings. The zero-order valence-electron chi connectivity index (χ0n) is 21.8. The number of thiocarbonyl (C=S) groups is 2. The van der Waals surface area contributed by atoms with E-state index < -0.39 is 0 Å². The second kappa shape index (κ2) is 12.6. The van der Waals surface area contributed by atoms with Gasteiger partial charge in [-0.15, -0.1) is 0 Å². The highest BCUT2D eigenvalue weighted by Gasteiger charge is 2.44.